The van der Waals surface area contributed by atoms with E-state index in [0.29, 0.717) is 17.2 Å². The summed E-state index contributed by atoms with van der Waals surface area (Å²) >= 11 is 3.37. The van der Waals surface area contributed by atoms with Crippen LogP contribution in [0.4, 0.5) is 5.69 Å². The van der Waals surface area contributed by atoms with Crippen molar-refractivity contribution in [2.75, 3.05) is 0 Å². The predicted molar refractivity (Wildman–Crippen MR) is 79.5 cm³/mol. The Morgan fingerprint density at radius 3 is 2.60 bits per heavy atom. The average Bonchev–Trinajstić information content (AvgIpc) is 2.40. The van der Waals surface area contributed by atoms with Crippen molar-refractivity contribution >= 4 is 21.6 Å². The second-order valence-electron chi connectivity index (χ2n) is 4.41. The monoisotopic (exact) mass is 336 g/mol. The average molecular weight is 337 g/mol. The van der Waals surface area contributed by atoms with E-state index < -0.39 is 4.92 Å². The zero-order chi connectivity index (χ0) is 14.7. The van der Waals surface area contributed by atoms with E-state index in [1.807, 2.05) is 13.0 Å². The van der Waals surface area contributed by atoms with E-state index in [4.69, 9.17) is 4.74 Å². The van der Waals surface area contributed by atoms with E-state index in [-0.39, 0.29) is 5.69 Å². The maximum Gasteiger partial charge on any atom is 0.272 e. The highest BCUT2D eigenvalue weighted by Crippen LogP contribution is 2.28. The number of aromatic nitrogens is 1. The number of hydrogen-bond acceptors (Lipinski definition) is 4. The minimum atomic E-state index is -0.409. The number of rotatable bonds is 4. The molecule has 0 N–H and O–H groups in total. The molecule has 0 fully saturated rings. The molecule has 1 aromatic heterocycles. The van der Waals surface area contributed by atoms with Crippen LogP contribution in [-0.4, -0.2) is 9.91 Å². The number of nitro groups is 1. The van der Waals surface area contributed by atoms with E-state index in [0.717, 1.165) is 16.5 Å². The minimum absolute atomic E-state index is 0.0802. The summed E-state index contributed by atoms with van der Waals surface area (Å²) in [6, 6.07) is 6.63. The van der Waals surface area contributed by atoms with Crippen LogP contribution >= 0.6 is 15.9 Å². The van der Waals surface area contributed by atoms with Gasteiger partial charge in [0.1, 0.15) is 5.75 Å². The molecule has 0 bridgehead atoms. The summed E-state index contributed by atoms with van der Waals surface area (Å²) in [5.74, 6) is 1.04. The number of nitro benzene ring substituents is 1. The van der Waals surface area contributed by atoms with Gasteiger partial charge in [-0.2, -0.15) is 0 Å². The van der Waals surface area contributed by atoms with Gasteiger partial charge in [0.2, 0.25) is 5.88 Å². The standard InChI is InChI=1S/C14H13BrN2O3/c1-9-6-12(3-4-13(9)17(18)19)20-14-10(2)5-11(7-15)8-16-14/h3-6,8H,7H2,1-2H3. The van der Waals surface area contributed by atoms with Crippen molar-refractivity contribution in [2.24, 2.45) is 0 Å². The molecule has 0 saturated carbocycles. The molecule has 0 atom stereocenters. The molecule has 20 heavy (non-hydrogen) atoms. The van der Waals surface area contributed by atoms with E-state index in [1.165, 1.54) is 6.07 Å². The Balaban J connectivity index is 2.26. The summed E-state index contributed by atoms with van der Waals surface area (Å²) in [6.07, 6.45) is 1.73. The maximum absolute atomic E-state index is 10.8. The van der Waals surface area contributed by atoms with Gasteiger partial charge in [-0.1, -0.05) is 15.9 Å². The van der Waals surface area contributed by atoms with Crippen molar-refractivity contribution in [3.63, 3.8) is 0 Å². The Morgan fingerprint density at radius 2 is 2.05 bits per heavy atom. The van der Waals surface area contributed by atoms with Gasteiger partial charge in [-0.05, 0) is 37.6 Å². The molecule has 0 aliphatic carbocycles. The highest BCUT2D eigenvalue weighted by molar-refractivity contribution is 9.08. The zero-order valence-corrected chi connectivity index (χ0v) is 12.7. The van der Waals surface area contributed by atoms with Crippen LogP contribution in [0.25, 0.3) is 0 Å². The van der Waals surface area contributed by atoms with Crippen molar-refractivity contribution < 1.29 is 9.66 Å². The van der Waals surface area contributed by atoms with E-state index >= 15 is 0 Å². The number of benzene rings is 1. The fourth-order valence-corrected chi connectivity index (χ4v) is 2.11. The normalized spacial score (nSPS) is 10.3. The van der Waals surface area contributed by atoms with Crippen LogP contribution < -0.4 is 4.74 Å². The van der Waals surface area contributed by atoms with Crippen LogP contribution in [0.3, 0.4) is 0 Å². The second kappa shape index (κ2) is 6.00. The van der Waals surface area contributed by atoms with Crippen LogP contribution in [0.1, 0.15) is 16.7 Å². The van der Waals surface area contributed by atoms with Crippen molar-refractivity contribution in [3.8, 4) is 11.6 Å². The summed E-state index contributed by atoms with van der Waals surface area (Å²) in [5.41, 5.74) is 2.62. The van der Waals surface area contributed by atoms with E-state index in [1.54, 1.807) is 25.3 Å². The molecule has 2 aromatic rings. The number of ether oxygens (including phenoxy) is 1. The highest BCUT2D eigenvalue weighted by atomic mass is 79.9. The van der Waals surface area contributed by atoms with Crippen molar-refractivity contribution in [3.05, 3.63) is 57.3 Å². The minimum Gasteiger partial charge on any atom is -0.439 e. The summed E-state index contributed by atoms with van der Waals surface area (Å²) in [6.45, 7) is 3.59. The van der Waals surface area contributed by atoms with Crippen LogP contribution in [0.15, 0.2) is 30.5 Å². The molecular formula is C14H13BrN2O3. The van der Waals surface area contributed by atoms with Gasteiger partial charge in [-0.15, -0.1) is 0 Å². The summed E-state index contributed by atoms with van der Waals surface area (Å²) < 4.78 is 5.68. The smallest absolute Gasteiger partial charge is 0.272 e. The first-order valence-corrected chi connectivity index (χ1v) is 7.08. The lowest BCUT2D eigenvalue weighted by atomic mass is 10.2. The van der Waals surface area contributed by atoms with Crippen molar-refractivity contribution in [2.45, 2.75) is 19.2 Å². The van der Waals surface area contributed by atoms with Gasteiger partial charge in [0.25, 0.3) is 5.69 Å². The third-order valence-electron chi connectivity index (χ3n) is 2.82. The Hall–Kier alpha value is -1.95. The Kier molecular flexibility index (Phi) is 4.34. The number of alkyl halides is 1. The summed E-state index contributed by atoms with van der Waals surface area (Å²) in [4.78, 5) is 14.6. The fraction of sp³-hybridized carbons (Fsp3) is 0.214. The summed E-state index contributed by atoms with van der Waals surface area (Å²) in [5, 5.41) is 11.5. The number of pyridine rings is 1. The molecular weight excluding hydrogens is 324 g/mol. The Bertz CT molecular complexity index is 659. The van der Waals surface area contributed by atoms with Crippen LogP contribution in [-0.2, 0) is 5.33 Å². The molecule has 6 heteroatoms. The number of halogens is 1. The van der Waals surface area contributed by atoms with Crippen molar-refractivity contribution in [1.29, 1.82) is 0 Å². The van der Waals surface area contributed by atoms with Gasteiger partial charge in [-0.3, -0.25) is 10.1 Å². The predicted octanol–water partition coefficient (Wildman–Crippen LogP) is 4.29. The van der Waals surface area contributed by atoms with Gasteiger partial charge in [0, 0.05) is 28.7 Å². The largest absolute Gasteiger partial charge is 0.439 e. The number of nitrogens with zero attached hydrogens (tertiary/aromatic N) is 2. The molecule has 0 aliphatic rings. The van der Waals surface area contributed by atoms with Crippen molar-refractivity contribution in [1.82, 2.24) is 4.98 Å². The molecule has 0 amide bonds. The second-order valence-corrected chi connectivity index (χ2v) is 4.97. The van der Waals surface area contributed by atoms with E-state index in [9.17, 15) is 10.1 Å². The molecule has 0 aliphatic heterocycles. The molecule has 1 heterocycles. The SMILES string of the molecule is Cc1cc(Oc2ncc(CBr)cc2C)ccc1[N+](=O)[O-]. The van der Waals surface area contributed by atoms with Gasteiger partial charge in [0.15, 0.2) is 0 Å². The van der Waals surface area contributed by atoms with Gasteiger partial charge in [-0.25, -0.2) is 4.98 Å². The van der Waals surface area contributed by atoms with Crippen LogP contribution in [0.5, 0.6) is 11.6 Å². The molecule has 0 saturated heterocycles. The first kappa shape index (κ1) is 14.5. The fourth-order valence-electron chi connectivity index (χ4n) is 1.81. The van der Waals surface area contributed by atoms with Gasteiger partial charge >= 0.3 is 0 Å². The van der Waals surface area contributed by atoms with Crippen LogP contribution in [0.2, 0.25) is 0 Å². The first-order chi connectivity index (χ1) is 9.51. The zero-order valence-electron chi connectivity index (χ0n) is 11.1. The maximum atomic E-state index is 10.8. The topological polar surface area (TPSA) is 65.3 Å². The summed E-state index contributed by atoms with van der Waals surface area (Å²) in [7, 11) is 0. The van der Waals surface area contributed by atoms with Gasteiger partial charge < -0.3 is 4.74 Å². The quantitative estimate of drug-likeness (QED) is 0.474. The highest BCUT2D eigenvalue weighted by Gasteiger charge is 2.12. The van der Waals surface area contributed by atoms with Crippen LogP contribution in [0, 0.1) is 24.0 Å². The molecule has 2 rings (SSSR count). The molecule has 104 valence electrons. The number of hydrogen-bond donors (Lipinski definition) is 0. The van der Waals surface area contributed by atoms with Gasteiger partial charge in [0.05, 0.1) is 4.92 Å². The Morgan fingerprint density at radius 1 is 1.30 bits per heavy atom. The number of aryl methyl sites for hydroxylation is 2. The molecule has 0 spiro atoms. The van der Waals surface area contributed by atoms with E-state index in [2.05, 4.69) is 20.9 Å². The molecule has 1 aromatic carbocycles. The third-order valence-corrected chi connectivity index (χ3v) is 3.47. The Labute approximate surface area is 124 Å². The lowest BCUT2D eigenvalue weighted by molar-refractivity contribution is -0.385. The molecule has 0 unspecified atom stereocenters. The molecule has 5 nitrogen and oxygen atoms in total. The lowest BCUT2D eigenvalue weighted by Crippen LogP contribution is -1.95. The lowest BCUT2D eigenvalue weighted by Gasteiger charge is -2.09. The molecule has 0 radical (unpaired) electrons. The third kappa shape index (κ3) is 3.14. The first-order valence-electron chi connectivity index (χ1n) is 5.95.